The van der Waals surface area contributed by atoms with E-state index in [1.54, 1.807) is 0 Å². The minimum atomic E-state index is -0.387. The summed E-state index contributed by atoms with van der Waals surface area (Å²) >= 11 is 5.86. The van der Waals surface area contributed by atoms with Gasteiger partial charge in [0.05, 0.1) is 6.10 Å². The Hall–Kier alpha value is -0.570. The van der Waals surface area contributed by atoms with Crippen LogP contribution in [0, 0.1) is 5.92 Å². The number of benzene rings is 1. The third kappa shape index (κ3) is 4.20. The molecule has 1 saturated heterocycles. The maximum atomic E-state index is 10.2. The van der Waals surface area contributed by atoms with Gasteiger partial charge in [-0.05, 0) is 49.8 Å². The van der Waals surface area contributed by atoms with Gasteiger partial charge >= 0.3 is 0 Å². The maximum Gasteiger partial charge on any atom is 0.0802 e. The van der Waals surface area contributed by atoms with E-state index in [0.717, 1.165) is 36.0 Å². The van der Waals surface area contributed by atoms with Gasteiger partial charge in [-0.3, -0.25) is 0 Å². The molecule has 2 rings (SSSR count). The monoisotopic (exact) mass is 281 g/mol. The first-order chi connectivity index (χ1) is 9.06. The van der Waals surface area contributed by atoms with Crippen LogP contribution in [0.5, 0.6) is 0 Å². The van der Waals surface area contributed by atoms with Gasteiger partial charge in [0.15, 0.2) is 0 Å². The summed E-state index contributed by atoms with van der Waals surface area (Å²) in [6, 6.07) is 8.15. The van der Waals surface area contributed by atoms with Crippen LogP contribution >= 0.6 is 11.6 Å². The number of likely N-dealkylation sites (tertiary alicyclic amines) is 1. The van der Waals surface area contributed by atoms with E-state index >= 15 is 0 Å². The summed E-state index contributed by atoms with van der Waals surface area (Å²) in [7, 11) is 0. The summed E-state index contributed by atoms with van der Waals surface area (Å²) < 4.78 is 0. The molecule has 0 aromatic heterocycles. The van der Waals surface area contributed by atoms with E-state index in [1.807, 2.05) is 24.3 Å². The van der Waals surface area contributed by atoms with Crippen LogP contribution in [0.4, 0.5) is 0 Å². The molecule has 1 aliphatic heterocycles. The number of rotatable bonds is 4. The van der Waals surface area contributed by atoms with E-state index in [2.05, 4.69) is 18.7 Å². The van der Waals surface area contributed by atoms with E-state index in [4.69, 9.17) is 11.6 Å². The second-order valence-corrected chi connectivity index (χ2v) is 6.32. The highest BCUT2D eigenvalue weighted by Gasteiger charge is 2.23. The zero-order valence-electron chi connectivity index (χ0n) is 11.8. The van der Waals surface area contributed by atoms with E-state index in [9.17, 15) is 5.11 Å². The first-order valence-electron chi connectivity index (χ1n) is 7.24. The average Bonchev–Trinajstić information content (AvgIpc) is 2.40. The highest BCUT2D eigenvalue weighted by atomic mass is 35.5. The summed E-state index contributed by atoms with van der Waals surface area (Å²) in [6.45, 7) is 6.73. The smallest absolute Gasteiger partial charge is 0.0802 e. The molecule has 1 aromatic carbocycles. The molecule has 1 heterocycles. The molecule has 0 amide bonds. The van der Waals surface area contributed by atoms with Crippen LogP contribution in [-0.2, 0) is 0 Å². The lowest BCUT2D eigenvalue weighted by Crippen LogP contribution is -2.41. The van der Waals surface area contributed by atoms with Gasteiger partial charge < -0.3 is 10.0 Å². The Balaban J connectivity index is 1.85. The van der Waals surface area contributed by atoms with Crippen LogP contribution < -0.4 is 0 Å². The van der Waals surface area contributed by atoms with Crippen molar-refractivity contribution in [2.45, 2.75) is 45.3 Å². The van der Waals surface area contributed by atoms with Crippen LogP contribution in [0.25, 0.3) is 0 Å². The second kappa shape index (κ2) is 6.74. The lowest BCUT2D eigenvalue weighted by molar-refractivity contribution is 0.0907. The minimum Gasteiger partial charge on any atom is -0.388 e. The van der Waals surface area contributed by atoms with Crippen molar-refractivity contribution in [1.29, 1.82) is 0 Å². The van der Waals surface area contributed by atoms with Gasteiger partial charge in [-0.15, -0.1) is 0 Å². The molecule has 3 atom stereocenters. The Bertz CT molecular complexity index is 392. The van der Waals surface area contributed by atoms with E-state index in [1.165, 1.54) is 12.8 Å². The molecule has 1 aliphatic rings. The van der Waals surface area contributed by atoms with Gasteiger partial charge in [-0.25, -0.2) is 0 Å². The molecule has 0 aliphatic carbocycles. The van der Waals surface area contributed by atoms with Crippen molar-refractivity contribution in [1.82, 2.24) is 4.90 Å². The number of hydrogen-bond donors (Lipinski definition) is 1. The highest BCUT2D eigenvalue weighted by molar-refractivity contribution is 6.30. The number of halogens is 1. The number of aliphatic hydroxyl groups is 1. The van der Waals surface area contributed by atoms with Gasteiger partial charge in [-0.1, -0.05) is 30.7 Å². The highest BCUT2D eigenvalue weighted by Crippen LogP contribution is 2.24. The number of hydrogen-bond acceptors (Lipinski definition) is 2. The van der Waals surface area contributed by atoms with Crippen molar-refractivity contribution in [3.63, 3.8) is 0 Å². The standard InChI is InChI=1S/C16H24ClNO/c1-12-3-4-13(2)18(11-12)10-9-16(19)14-5-7-15(17)8-6-14/h5-8,12-13,16,19H,3-4,9-11H2,1-2H3. The molecule has 1 fully saturated rings. The molecular formula is C16H24ClNO. The predicted molar refractivity (Wildman–Crippen MR) is 80.5 cm³/mol. The van der Waals surface area contributed by atoms with Crippen molar-refractivity contribution in [2.75, 3.05) is 13.1 Å². The summed E-state index contributed by atoms with van der Waals surface area (Å²) in [4.78, 5) is 2.51. The van der Waals surface area contributed by atoms with Crippen LogP contribution in [-0.4, -0.2) is 29.1 Å². The van der Waals surface area contributed by atoms with Crippen LogP contribution in [0.3, 0.4) is 0 Å². The molecule has 2 nitrogen and oxygen atoms in total. The number of piperidine rings is 1. The van der Waals surface area contributed by atoms with Crippen molar-refractivity contribution >= 4 is 11.6 Å². The largest absolute Gasteiger partial charge is 0.388 e. The number of aliphatic hydroxyl groups excluding tert-OH is 1. The Labute approximate surface area is 121 Å². The van der Waals surface area contributed by atoms with Crippen LogP contribution in [0.1, 0.15) is 44.8 Å². The van der Waals surface area contributed by atoms with Crippen molar-refractivity contribution in [3.8, 4) is 0 Å². The topological polar surface area (TPSA) is 23.5 Å². The zero-order valence-corrected chi connectivity index (χ0v) is 12.6. The van der Waals surface area contributed by atoms with Gasteiger partial charge in [0.2, 0.25) is 0 Å². The Morgan fingerprint density at radius 3 is 2.63 bits per heavy atom. The first-order valence-corrected chi connectivity index (χ1v) is 7.61. The average molecular weight is 282 g/mol. The van der Waals surface area contributed by atoms with E-state index in [-0.39, 0.29) is 6.10 Å². The maximum absolute atomic E-state index is 10.2. The van der Waals surface area contributed by atoms with Crippen molar-refractivity contribution < 1.29 is 5.11 Å². The SMILES string of the molecule is CC1CCC(C)N(CCC(O)c2ccc(Cl)cc2)C1. The molecule has 1 aromatic rings. The molecule has 0 saturated carbocycles. The summed E-state index contributed by atoms with van der Waals surface area (Å²) in [6.07, 6.45) is 3.01. The molecule has 3 heteroatoms. The van der Waals surface area contributed by atoms with Crippen molar-refractivity contribution in [2.24, 2.45) is 5.92 Å². The van der Waals surface area contributed by atoms with Crippen LogP contribution in [0.2, 0.25) is 5.02 Å². The van der Waals surface area contributed by atoms with Gasteiger partial charge in [0.25, 0.3) is 0 Å². The van der Waals surface area contributed by atoms with Gasteiger partial charge in [-0.2, -0.15) is 0 Å². The van der Waals surface area contributed by atoms with E-state index in [0.29, 0.717) is 6.04 Å². The molecule has 0 bridgehead atoms. The normalized spacial score (nSPS) is 26.3. The molecule has 0 radical (unpaired) electrons. The molecule has 1 N–H and O–H groups in total. The second-order valence-electron chi connectivity index (χ2n) is 5.88. The zero-order chi connectivity index (χ0) is 13.8. The third-order valence-corrected chi connectivity index (χ3v) is 4.44. The summed E-state index contributed by atoms with van der Waals surface area (Å²) in [5, 5.41) is 10.9. The van der Waals surface area contributed by atoms with Crippen LogP contribution in [0.15, 0.2) is 24.3 Å². The first kappa shape index (κ1) is 14.8. The lowest BCUT2D eigenvalue weighted by Gasteiger charge is -2.37. The Morgan fingerprint density at radius 2 is 1.95 bits per heavy atom. The summed E-state index contributed by atoms with van der Waals surface area (Å²) in [5.74, 6) is 0.781. The molecular weight excluding hydrogens is 258 g/mol. The quantitative estimate of drug-likeness (QED) is 0.905. The lowest BCUT2D eigenvalue weighted by atomic mass is 9.94. The fourth-order valence-electron chi connectivity index (χ4n) is 2.83. The van der Waals surface area contributed by atoms with Gasteiger partial charge in [0, 0.05) is 24.2 Å². The predicted octanol–water partition coefficient (Wildman–Crippen LogP) is 3.88. The van der Waals surface area contributed by atoms with E-state index < -0.39 is 0 Å². The molecule has 0 spiro atoms. The molecule has 3 unspecified atom stereocenters. The third-order valence-electron chi connectivity index (χ3n) is 4.19. The van der Waals surface area contributed by atoms with Gasteiger partial charge in [0.1, 0.15) is 0 Å². The fourth-order valence-corrected chi connectivity index (χ4v) is 2.96. The van der Waals surface area contributed by atoms with Crippen molar-refractivity contribution in [3.05, 3.63) is 34.9 Å². The molecule has 106 valence electrons. The minimum absolute atomic E-state index is 0.387. The number of nitrogens with zero attached hydrogens (tertiary/aromatic N) is 1. The summed E-state index contributed by atoms with van der Waals surface area (Å²) in [5.41, 5.74) is 0.960. The Morgan fingerprint density at radius 1 is 1.26 bits per heavy atom. The fraction of sp³-hybridized carbons (Fsp3) is 0.625. The molecule has 19 heavy (non-hydrogen) atoms. The Kier molecular flexibility index (Phi) is 5.26.